The minimum Gasteiger partial charge on any atom is -0.444 e. The molecule has 0 aromatic rings. The van der Waals surface area contributed by atoms with Gasteiger partial charge in [-0.25, -0.2) is 4.79 Å². The SMILES string of the molecule is CC(C)(C)OC(=O)N1CCCC[C@H]1C(=O)C=N. The minimum atomic E-state index is -0.563. The van der Waals surface area contributed by atoms with Gasteiger partial charge in [0.15, 0.2) is 5.78 Å². The molecule has 1 amide bonds. The molecule has 1 N–H and O–H groups in total. The fourth-order valence-electron chi connectivity index (χ4n) is 1.86. The zero-order valence-electron chi connectivity index (χ0n) is 10.7. The monoisotopic (exact) mass is 240 g/mol. The zero-order valence-corrected chi connectivity index (χ0v) is 10.7. The van der Waals surface area contributed by atoms with E-state index >= 15 is 0 Å². The molecule has 1 atom stereocenters. The van der Waals surface area contributed by atoms with E-state index in [0.29, 0.717) is 13.0 Å². The molecule has 5 nitrogen and oxygen atoms in total. The number of carbonyl (C=O) groups is 2. The van der Waals surface area contributed by atoms with Crippen molar-refractivity contribution in [3.63, 3.8) is 0 Å². The lowest BCUT2D eigenvalue weighted by Gasteiger charge is -2.35. The number of amides is 1. The molecule has 1 rings (SSSR count). The lowest BCUT2D eigenvalue weighted by molar-refractivity contribution is -0.118. The Balaban J connectivity index is 2.74. The fraction of sp³-hybridized carbons (Fsp3) is 0.750. The summed E-state index contributed by atoms with van der Waals surface area (Å²) in [5.41, 5.74) is -0.563. The average molecular weight is 240 g/mol. The molecule has 1 saturated heterocycles. The van der Waals surface area contributed by atoms with Crippen molar-refractivity contribution in [2.24, 2.45) is 0 Å². The molecule has 1 heterocycles. The molecule has 1 aliphatic rings. The normalized spacial score (nSPS) is 20.9. The number of ether oxygens (including phenoxy) is 1. The van der Waals surface area contributed by atoms with Gasteiger partial charge in [-0.3, -0.25) is 9.69 Å². The van der Waals surface area contributed by atoms with Gasteiger partial charge < -0.3 is 10.1 Å². The molecule has 0 spiro atoms. The number of likely N-dealkylation sites (tertiary alicyclic amines) is 1. The van der Waals surface area contributed by atoms with Crippen LogP contribution in [0.5, 0.6) is 0 Å². The average Bonchev–Trinajstić information content (AvgIpc) is 2.25. The third kappa shape index (κ3) is 3.84. The summed E-state index contributed by atoms with van der Waals surface area (Å²) in [7, 11) is 0. The number of carbonyl (C=O) groups excluding carboxylic acids is 2. The Morgan fingerprint density at radius 2 is 2.00 bits per heavy atom. The van der Waals surface area contributed by atoms with Gasteiger partial charge in [-0.1, -0.05) is 0 Å². The van der Waals surface area contributed by atoms with Crippen molar-refractivity contribution in [3.8, 4) is 0 Å². The number of nitrogens with zero attached hydrogens (tertiary/aromatic N) is 1. The molecule has 0 aliphatic carbocycles. The number of rotatable bonds is 2. The predicted molar refractivity (Wildman–Crippen MR) is 64.4 cm³/mol. The minimum absolute atomic E-state index is 0.324. The van der Waals surface area contributed by atoms with Gasteiger partial charge in [0.05, 0.1) is 12.3 Å². The summed E-state index contributed by atoms with van der Waals surface area (Å²) in [5, 5.41) is 7.00. The van der Waals surface area contributed by atoms with Crippen molar-refractivity contribution < 1.29 is 14.3 Å². The van der Waals surface area contributed by atoms with E-state index in [1.54, 1.807) is 20.8 Å². The van der Waals surface area contributed by atoms with Gasteiger partial charge in [0, 0.05) is 6.54 Å². The van der Waals surface area contributed by atoms with E-state index in [1.807, 2.05) is 0 Å². The van der Waals surface area contributed by atoms with Crippen LogP contribution in [0.15, 0.2) is 0 Å². The molecule has 0 saturated carbocycles. The molecule has 0 unspecified atom stereocenters. The lowest BCUT2D eigenvalue weighted by Crippen LogP contribution is -2.50. The molecule has 17 heavy (non-hydrogen) atoms. The van der Waals surface area contributed by atoms with Crippen molar-refractivity contribution in [1.82, 2.24) is 4.90 Å². The summed E-state index contributed by atoms with van der Waals surface area (Å²) in [6, 6.07) is -0.518. The lowest BCUT2D eigenvalue weighted by atomic mass is 9.99. The standard InChI is InChI=1S/C12H20N2O3/c1-12(2,3)17-11(16)14-7-5-4-6-9(14)10(15)8-13/h8-9,13H,4-7H2,1-3H3/t9-/m0/s1. The van der Waals surface area contributed by atoms with Crippen LogP contribution in [0.25, 0.3) is 0 Å². The van der Waals surface area contributed by atoms with Crippen molar-refractivity contribution in [2.75, 3.05) is 6.54 Å². The smallest absolute Gasteiger partial charge is 0.410 e. The van der Waals surface area contributed by atoms with Crippen LogP contribution in [-0.4, -0.2) is 41.2 Å². The van der Waals surface area contributed by atoms with Gasteiger partial charge in [-0.15, -0.1) is 0 Å². The van der Waals surface area contributed by atoms with Crippen molar-refractivity contribution in [3.05, 3.63) is 0 Å². The third-order valence-electron chi connectivity index (χ3n) is 2.60. The highest BCUT2D eigenvalue weighted by Crippen LogP contribution is 2.20. The quantitative estimate of drug-likeness (QED) is 0.750. The number of hydrogen-bond donors (Lipinski definition) is 1. The van der Waals surface area contributed by atoms with Crippen LogP contribution in [0.3, 0.4) is 0 Å². The molecular formula is C12H20N2O3. The summed E-state index contributed by atoms with van der Waals surface area (Å²) < 4.78 is 5.26. The van der Waals surface area contributed by atoms with Gasteiger partial charge >= 0.3 is 6.09 Å². The zero-order chi connectivity index (χ0) is 13.1. The van der Waals surface area contributed by atoms with Crippen molar-refractivity contribution in [1.29, 1.82) is 5.41 Å². The Labute approximate surface area is 102 Å². The van der Waals surface area contributed by atoms with Gasteiger partial charge in [0.25, 0.3) is 0 Å². The highest BCUT2D eigenvalue weighted by Gasteiger charge is 2.33. The van der Waals surface area contributed by atoms with Crippen LogP contribution in [0, 0.1) is 5.41 Å². The Morgan fingerprint density at radius 3 is 2.53 bits per heavy atom. The van der Waals surface area contributed by atoms with E-state index in [-0.39, 0.29) is 5.78 Å². The first kappa shape index (κ1) is 13.7. The Hall–Kier alpha value is -1.39. The largest absolute Gasteiger partial charge is 0.444 e. The molecule has 0 radical (unpaired) electrons. The van der Waals surface area contributed by atoms with E-state index in [2.05, 4.69) is 0 Å². The van der Waals surface area contributed by atoms with Crippen LogP contribution in [0.2, 0.25) is 0 Å². The first-order chi connectivity index (χ1) is 7.85. The molecule has 96 valence electrons. The van der Waals surface area contributed by atoms with Crippen molar-refractivity contribution in [2.45, 2.75) is 51.7 Å². The maximum atomic E-state index is 11.9. The maximum absolute atomic E-state index is 11.9. The number of Topliss-reactive ketones (excluding diaryl/α,β-unsaturated/α-hetero) is 1. The van der Waals surface area contributed by atoms with E-state index < -0.39 is 17.7 Å². The Bertz CT molecular complexity index is 320. The van der Waals surface area contributed by atoms with Crippen molar-refractivity contribution >= 4 is 18.1 Å². The highest BCUT2D eigenvalue weighted by atomic mass is 16.6. The molecular weight excluding hydrogens is 220 g/mol. The molecule has 1 fully saturated rings. The second-order valence-corrected chi connectivity index (χ2v) is 5.23. The summed E-state index contributed by atoms with van der Waals surface area (Å²) in [6.45, 7) is 5.91. The van der Waals surface area contributed by atoms with Crippen LogP contribution < -0.4 is 0 Å². The molecule has 1 aliphatic heterocycles. The molecule has 0 aromatic heterocycles. The van der Waals surface area contributed by atoms with E-state index in [1.165, 1.54) is 4.90 Å². The van der Waals surface area contributed by atoms with Gasteiger partial charge in [0.1, 0.15) is 5.60 Å². The number of nitrogens with one attached hydrogen (secondary N) is 1. The summed E-state index contributed by atoms with van der Waals surface area (Å²) >= 11 is 0. The first-order valence-electron chi connectivity index (χ1n) is 5.89. The molecule has 5 heteroatoms. The van der Waals surface area contributed by atoms with Crippen LogP contribution in [0.4, 0.5) is 4.79 Å². The van der Waals surface area contributed by atoms with E-state index in [0.717, 1.165) is 19.1 Å². The van der Waals surface area contributed by atoms with E-state index in [4.69, 9.17) is 10.1 Å². The Morgan fingerprint density at radius 1 is 1.35 bits per heavy atom. The maximum Gasteiger partial charge on any atom is 0.410 e. The fourth-order valence-corrected chi connectivity index (χ4v) is 1.86. The topological polar surface area (TPSA) is 70.5 Å². The third-order valence-corrected chi connectivity index (χ3v) is 2.60. The summed E-state index contributed by atoms with van der Waals surface area (Å²) in [5.74, 6) is -0.324. The molecule has 0 aromatic carbocycles. The van der Waals surface area contributed by atoms with Crippen LogP contribution >= 0.6 is 0 Å². The highest BCUT2D eigenvalue weighted by molar-refractivity contribution is 6.29. The Kier molecular flexibility index (Phi) is 4.26. The predicted octanol–water partition coefficient (Wildman–Crippen LogP) is 1.99. The van der Waals surface area contributed by atoms with Gasteiger partial charge in [0.2, 0.25) is 0 Å². The molecule has 0 bridgehead atoms. The summed E-state index contributed by atoms with van der Waals surface area (Å²) in [4.78, 5) is 24.9. The second kappa shape index (κ2) is 5.29. The number of piperidine rings is 1. The van der Waals surface area contributed by atoms with Crippen LogP contribution in [-0.2, 0) is 9.53 Å². The van der Waals surface area contributed by atoms with Gasteiger partial charge in [-0.2, -0.15) is 0 Å². The van der Waals surface area contributed by atoms with Crippen LogP contribution in [0.1, 0.15) is 40.0 Å². The second-order valence-electron chi connectivity index (χ2n) is 5.23. The summed E-state index contributed by atoms with van der Waals surface area (Å²) in [6.07, 6.45) is 2.73. The number of hydrogen-bond acceptors (Lipinski definition) is 4. The van der Waals surface area contributed by atoms with Gasteiger partial charge in [-0.05, 0) is 40.0 Å². The first-order valence-corrected chi connectivity index (χ1v) is 5.89. The van der Waals surface area contributed by atoms with E-state index in [9.17, 15) is 9.59 Å². The number of ketones is 1.